The van der Waals surface area contributed by atoms with E-state index in [2.05, 4.69) is 16.0 Å². The van der Waals surface area contributed by atoms with E-state index >= 15 is 0 Å². The number of carbonyl (C=O) groups excluding carboxylic acids is 2. The molecule has 0 aliphatic heterocycles. The molecule has 0 aromatic heterocycles. The number of amides is 3. The zero-order valence-corrected chi connectivity index (χ0v) is 15.2. The first kappa shape index (κ1) is 19.7. The normalized spacial score (nSPS) is 19.7. The molecule has 0 spiro atoms. The van der Waals surface area contributed by atoms with Gasteiger partial charge in [-0.2, -0.15) is 0 Å². The maximum absolute atomic E-state index is 12.2. The number of hydrogen-bond acceptors (Lipinski definition) is 4. The van der Waals surface area contributed by atoms with Crippen molar-refractivity contribution in [2.75, 3.05) is 6.54 Å². The molecule has 1 aromatic rings. The van der Waals surface area contributed by atoms with Crippen LogP contribution in [0.4, 0.5) is 10.5 Å². The molecule has 8 heteroatoms. The fourth-order valence-corrected chi connectivity index (χ4v) is 2.92. The predicted octanol–water partition coefficient (Wildman–Crippen LogP) is 2.59. The van der Waals surface area contributed by atoms with Crippen LogP contribution >= 0.6 is 0 Å². The van der Waals surface area contributed by atoms with E-state index in [4.69, 9.17) is 0 Å². The minimum atomic E-state index is -0.493. The fourth-order valence-electron chi connectivity index (χ4n) is 2.92. The maximum Gasteiger partial charge on any atom is 0.315 e. The second-order valence-corrected chi connectivity index (χ2v) is 7.07. The molecule has 0 bridgehead atoms. The minimum Gasteiger partial charge on any atom is -0.349 e. The van der Waals surface area contributed by atoms with Crippen molar-refractivity contribution < 1.29 is 14.5 Å². The number of non-ortho nitro benzene ring substituents is 1. The highest BCUT2D eigenvalue weighted by molar-refractivity contribution is 5.94. The Morgan fingerprint density at radius 3 is 2.12 bits per heavy atom. The zero-order valence-electron chi connectivity index (χ0n) is 15.2. The van der Waals surface area contributed by atoms with Gasteiger partial charge in [0.25, 0.3) is 11.6 Å². The molecule has 3 amide bonds. The van der Waals surface area contributed by atoms with Gasteiger partial charge >= 0.3 is 6.03 Å². The molecule has 1 aliphatic rings. The van der Waals surface area contributed by atoms with Gasteiger partial charge in [0.1, 0.15) is 0 Å². The summed E-state index contributed by atoms with van der Waals surface area (Å²) in [6.07, 6.45) is 3.18. The Kier molecular flexibility index (Phi) is 6.94. The topological polar surface area (TPSA) is 113 Å². The van der Waals surface area contributed by atoms with Crippen LogP contribution in [0.15, 0.2) is 24.3 Å². The summed E-state index contributed by atoms with van der Waals surface area (Å²) in [4.78, 5) is 34.2. The Bertz CT molecular complexity index is 637. The van der Waals surface area contributed by atoms with E-state index in [9.17, 15) is 19.7 Å². The molecule has 0 radical (unpaired) electrons. The Morgan fingerprint density at radius 1 is 1.08 bits per heavy atom. The van der Waals surface area contributed by atoms with Crippen LogP contribution in [0.1, 0.15) is 49.9 Å². The van der Waals surface area contributed by atoms with Crippen molar-refractivity contribution in [2.24, 2.45) is 5.92 Å². The van der Waals surface area contributed by atoms with Gasteiger partial charge in [-0.25, -0.2) is 4.79 Å². The molecule has 1 aliphatic carbocycles. The third-order valence-electron chi connectivity index (χ3n) is 4.41. The summed E-state index contributed by atoms with van der Waals surface area (Å²) in [6.45, 7) is 4.73. The lowest BCUT2D eigenvalue weighted by atomic mass is 9.91. The van der Waals surface area contributed by atoms with Gasteiger partial charge in [0, 0.05) is 36.3 Å². The van der Waals surface area contributed by atoms with E-state index in [0.717, 1.165) is 25.7 Å². The summed E-state index contributed by atoms with van der Waals surface area (Å²) < 4.78 is 0. The van der Waals surface area contributed by atoms with Gasteiger partial charge in [-0.15, -0.1) is 0 Å². The molecular formula is C18H26N4O4. The monoisotopic (exact) mass is 362 g/mol. The number of carbonyl (C=O) groups is 2. The van der Waals surface area contributed by atoms with Gasteiger partial charge in [-0.3, -0.25) is 14.9 Å². The van der Waals surface area contributed by atoms with E-state index in [0.29, 0.717) is 18.0 Å². The van der Waals surface area contributed by atoms with E-state index in [-0.39, 0.29) is 29.7 Å². The second-order valence-electron chi connectivity index (χ2n) is 7.07. The summed E-state index contributed by atoms with van der Waals surface area (Å²) in [6, 6.07) is 5.59. The summed E-state index contributed by atoms with van der Waals surface area (Å²) in [5, 5.41) is 19.4. The molecule has 0 atom stereocenters. The summed E-state index contributed by atoms with van der Waals surface area (Å²) >= 11 is 0. The minimum absolute atomic E-state index is 0.0381. The summed E-state index contributed by atoms with van der Waals surface area (Å²) in [5.41, 5.74) is 0.368. The average molecular weight is 362 g/mol. The van der Waals surface area contributed by atoms with Gasteiger partial charge < -0.3 is 16.0 Å². The standard InChI is InChI=1S/C18H26N4O4/c1-12(2)11-19-18(24)21-15-7-5-14(6-8-15)20-17(23)13-3-9-16(10-4-13)22(25)26/h3-4,9-10,12,14-15H,5-8,11H2,1-2H3,(H,20,23)(H2,19,21,24). The number of nitro groups is 1. The molecule has 3 N–H and O–H groups in total. The van der Waals surface area contributed by atoms with Crippen LogP contribution in [0, 0.1) is 16.0 Å². The van der Waals surface area contributed by atoms with Crippen molar-refractivity contribution in [3.8, 4) is 0 Å². The van der Waals surface area contributed by atoms with Crippen LogP contribution in [0.5, 0.6) is 0 Å². The van der Waals surface area contributed by atoms with Crippen molar-refractivity contribution >= 4 is 17.6 Å². The summed E-state index contributed by atoms with van der Waals surface area (Å²) in [7, 11) is 0. The highest BCUT2D eigenvalue weighted by Gasteiger charge is 2.24. The van der Waals surface area contributed by atoms with Crippen molar-refractivity contribution in [1.29, 1.82) is 0 Å². The highest BCUT2D eigenvalue weighted by Crippen LogP contribution is 2.19. The van der Waals surface area contributed by atoms with E-state index in [1.165, 1.54) is 24.3 Å². The Hall–Kier alpha value is -2.64. The number of rotatable bonds is 6. The molecule has 0 unspecified atom stereocenters. The molecule has 26 heavy (non-hydrogen) atoms. The lowest BCUT2D eigenvalue weighted by molar-refractivity contribution is -0.384. The average Bonchev–Trinajstić information content (AvgIpc) is 2.61. The van der Waals surface area contributed by atoms with E-state index in [1.807, 2.05) is 13.8 Å². The van der Waals surface area contributed by atoms with Crippen LogP contribution < -0.4 is 16.0 Å². The lowest BCUT2D eigenvalue weighted by Gasteiger charge is -2.29. The first-order valence-electron chi connectivity index (χ1n) is 8.95. The highest BCUT2D eigenvalue weighted by atomic mass is 16.6. The maximum atomic E-state index is 12.2. The Morgan fingerprint density at radius 2 is 1.62 bits per heavy atom. The van der Waals surface area contributed by atoms with Crippen molar-refractivity contribution in [2.45, 2.75) is 51.6 Å². The van der Waals surface area contributed by atoms with E-state index < -0.39 is 4.92 Å². The third kappa shape index (κ3) is 6.02. The molecule has 1 aromatic carbocycles. The Balaban J connectivity index is 1.75. The number of hydrogen-bond donors (Lipinski definition) is 3. The van der Waals surface area contributed by atoms with Crippen LogP contribution in [-0.4, -0.2) is 35.5 Å². The molecule has 1 fully saturated rings. The molecular weight excluding hydrogens is 336 g/mol. The van der Waals surface area contributed by atoms with Gasteiger partial charge in [0.05, 0.1) is 4.92 Å². The molecule has 1 saturated carbocycles. The van der Waals surface area contributed by atoms with Crippen LogP contribution in [0.3, 0.4) is 0 Å². The van der Waals surface area contributed by atoms with Gasteiger partial charge in [0.2, 0.25) is 0 Å². The molecule has 0 saturated heterocycles. The quantitative estimate of drug-likeness (QED) is 0.533. The number of urea groups is 1. The van der Waals surface area contributed by atoms with Gasteiger partial charge in [-0.1, -0.05) is 13.8 Å². The SMILES string of the molecule is CC(C)CNC(=O)NC1CCC(NC(=O)c2ccc([N+](=O)[O-])cc2)CC1. The zero-order chi connectivity index (χ0) is 19.1. The number of nitrogens with zero attached hydrogens (tertiary/aromatic N) is 1. The van der Waals surface area contributed by atoms with Crippen molar-refractivity contribution in [3.63, 3.8) is 0 Å². The van der Waals surface area contributed by atoms with Crippen LogP contribution in [0.2, 0.25) is 0 Å². The lowest BCUT2D eigenvalue weighted by Crippen LogP contribution is -2.47. The first-order chi connectivity index (χ1) is 12.3. The Labute approximate surface area is 152 Å². The molecule has 8 nitrogen and oxygen atoms in total. The van der Waals surface area contributed by atoms with Gasteiger partial charge in [-0.05, 0) is 43.7 Å². The molecule has 2 rings (SSSR count). The molecule has 142 valence electrons. The fraction of sp³-hybridized carbons (Fsp3) is 0.556. The number of nitro benzene ring substituents is 1. The van der Waals surface area contributed by atoms with E-state index in [1.54, 1.807) is 0 Å². The smallest absolute Gasteiger partial charge is 0.315 e. The van der Waals surface area contributed by atoms with Crippen molar-refractivity contribution in [1.82, 2.24) is 16.0 Å². The third-order valence-corrected chi connectivity index (χ3v) is 4.41. The van der Waals surface area contributed by atoms with Crippen molar-refractivity contribution in [3.05, 3.63) is 39.9 Å². The van der Waals surface area contributed by atoms with Gasteiger partial charge in [0.15, 0.2) is 0 Å². The largest absolute Gasteiger partial charge is 0.349 e. The first-order valence-corrected chi connectivity index (χ1v) is 8.95. The van der Waals surface area contributed by atoms with Crippen LogP contribution in [0.25, 0.3) is 0 Å². The number of benzene rings is 1. The summed E-state index contributed by atoms with van der Waals surface area (Å²) in [5.74, 6) is 0.178. The predicted molar refractivity (Wildman–Crippen MR) is 98.0 cm³/mol. The molecule has 0 heterocycles. The second kappa shape index (κ2) is 9.17. The van der Waals surface area contributed by atoms with Crippen LogP contribution in [-0.2, 0) is 0 Å². The number of nitrogens with one attached hydrogen (secondary N) is 3.